The van der Waals surface area contributed by atoms with Crippen LogP contribution < -0.4 is 5.32 Å². The van der Waals surface area contributed by atoms with E-state index in [9.17, 15) is 4.79 Å². The summed E-state index contributed by atoms with van der Waals surface area (Å²) < 4.78 is 1.17. The topological polar surface area (TPSA) is 32.3 Å². The van der Waals surface area contributed by atoms with Crippen molar-refractivity contribution < 1.29 is 4.79 Å². The Hall–Kier alpha value is -0.870. The molecule has 98 valence electrons. The highest BCUT2D eigenvalue weighted by Crippen LogP contribution is 2.35. The third kappa shape index (κ3) is 3.12. The van der Waals surface area contributed by atoms with Gasteiger partial charge in [-0.05, 0) is 31.0 Å². The van der Waals surface area contributed by atoms with Gasteiger partial charge in [-0.15, -0.1) is 0 Å². The van der Waals surface area contributed by atoms with Crippen LogP contribution in [0.2, 0.25) is 0 Å². The van der Waals surface area contributed by atoms with Gasteiger partial charge in [-0.25, -0.2) is 0 Å². The fourth-order valence-electron chi connectivity index (χ4n) is 2.56. The SMILES string of the molecule is CNC(=O)CCN1CCCC1c1ccccc1Br. The highest BCUT2D eigenvalue weighted by Gasteiger charge is 2.27. The zero-order valence-electron chi connectivity index (χ0n) is 10.7. The Kier molecular flexibility index (Phi) is 4.78. The summed E-state index contributed by atoms with van der Waals surface area (Å²) in [6.07, 6.45) is 2.97. The Morgan fingerprint density at radius 3 is 3.00 bits per heavy atom. The first-order valence-corrected chi connectivity index (χ1v) is 7.20. The predicted molar refractivity (Wildman–Crippen MR) is 76.4 cm³/mol. The minimum absolute atomic E-state index is 0.118. The number of benzene rings is 1. The summed E-state index contributed by atoms with van der Waals surface area (Å²) in [5.41, 5.74) is 1.34. The van der Waals surface area contributed by atoms with Crippen molar-refractivity contribution in [2.24, 2.45) is 0 Å². The van der Waals surface area contributed by atoms with Crippen LogP contribution in [0.15, 0.2) is 28.7 Å². The van der Waals surface area contributed by atoms with Crippen LogP contribution in [0.4, 0.5) is 0 Å². The average Bonchev–Trinajstić information content (AvgIpc) is 2.84. The molecule has 3 nitrogen and oxygen atoms in total. The normalized spacial score (nSPS) is 20.0. The summed E-state index contributed by atoms with van der Waals surface area (Å²) in [6.45, 7) is 1.93. The van der Waals surface area contributed by atoms with Crippen molar-refractivity contribution in [2.45, 2.75) is 25.3 Å². The molecule has 1 atom stereocenters. The predicted octanol–water partition coefficient (Wildman–Crippen LogP) is 2.72. The van der Waals surface area contributed by atoms with Crippen LogP contribution in [-0.2, 0) is 4.79 Å². The van der Waals surface area contributed by atoms with E-state index < -0.39 is 0 Å². The van der Waals surface area contributed by atoms with E-state index in [-0.39, 0.29) is 5.91 Å². The lowest BCUT2D eigenvalue weighted by atomic mass is 10.0. The second kappa shape index (κ2) is 6.34. The van der Waals surface area contributed by atoms with Gasteiger partial charge in [0.2, 0.25) is 5.91 Å². The molecule has 1 aliphatic heterocycles. The summed E-state index contributed by atoms with van der Waals surface area (Å²) in [5, 5.41) is 2.68. The lowest BCUT2D eigenvalue weighted by Gasteiger charge is -2.25. The van der Waals surface area contributed by atoms with E-state index >= 15 is 0 Å². The molecule has 1 fully saturated rings. The fourth-order valence-corrected chi connectivity index (χ4v) is 3.11. The summed E-state index contributed by atoms with van der Waals surface area (Å²) >= 11 is 3.62. The Labute approximate surface area is 117 Å². The Morgan fingerprint density at radius 2 is 2.28 bits per heavy atom. The maximum atomic E-state index is 11.3. The molecular formula is C14H19BrN2O. The minimum atomic E-state index is 0.118. The molecule has 1 aromatic rings. The third-order valence-electron chi connectivity index (χ3n) is 3.53. The molecule has 1 amide bonds. The highest BCUT2D eigenvalue weighted by molar-refractivity contribution is 9.10. The molecule has 1 saturated heterocycles. The molecule has 18 heavy (non-hydrogen) atoms. The number of hydrogen-bond acceptors (Lipinski definition) is 2. The van der Waals surface area contributed by atoms with E-state index in [1.807, 2.05) is 6.07 Å². The summed E-state index contributed by atoms with van der Waals surface area (Å²) in [6, 6.07) is 8.83. The number of halogens is 1. The smallest absolute Gasteiger partial charge is 0.221 e. The van der Waals surface area contributed by atoms with Gasteiger partial charge in [0.25, 0.3) is 0 Å². The molecule has 0 aliphatic carbocycles. The van der Waals surface area contributed by atoms with Crippen LogP contribution in [0.3, 0.4) is 0 Å². The van der Waals surface area contributed by atoms with E-state index in [2.05, 4.69) is 44.3 Å². The number of carbonyl (C=O) groups excluding carboxylic acids is 1. The van der Waals surface area contributed by atoms with Crippen LogP contribution in [-0.4, -0.2) is 30.9 Å². The maximum Gasteiger partial charge on any atom is 0.221 e. The first-order chi connectivity index (χ1) is 8.72. The first kappa shape index (κ1) is 13.6. The molecule has 0 aromatic heterocycles. The number of likely N-dealkylation sites (tertiary alicyclic amines) is 1. The molecule has 1 N–H and O–H groups in total. The molecule has 0 spiro atoms. The Balaban J connectivity index is 2.04. The van der Waals surface area contributed by atoms with Gasteiger partial charge in [-0.1, -0.05) is 34.1 Å². The monoisotopic (exact) mass is 310 g/mol. The second-order valence-electron chi connectivity index (χ2n) is 4.64. The van der Waals surface area contributed by atoms with Gasteiger partial charge in [-0.2, -0.15) is 0 Å². The van der Waals surface area contributed by atoms with Gasteiger partial charge >= 0.3 is 0 Å². The Bertz CT molecular complexity index is 422. The van der Waals surface area contributed by atoms with Crippen molar-refractivity contribution in [3.63, 3.8) is 0 Å². The van der Waals surface area contributed by atoms with E-state index in [1.165, 1.54) is 22.9 Å². The van der Waals surface area contributed by atoms with Crippen molar-refractivity contribution >= 4 is 21.8 Å². The maximum absolute atomic E-state index is 11.3. The third-order valence-corrected chi connectivity index (χ3v) is 4.25. The zero-order chi connectivity index (χ0) is 13.0. The number of nitrogens with zero attached hydrogens (tertiary/aromatic N) is 1. The number of carbonyl (C=O) groups is 1. The van der Waals surface area contributed by atoms with Gasteiger partial charge < -0.3 is 5.32 Å². The van der Waals surface area contributed by atoms with Gasteiger partial charge in [0.15, 0.2) is 0 Å². The zero-order valence-corrected chi connectivity index (χ0v) is 12.2. The van der Waals surface area contributed by atoms with E-state index in [1.54, 1.807) is 7.05 Å². The van der Waals surface area contributed by atoms with Crippen molar-refractivity contribution in [1.82, 2.24) is 10.2 Å². The van der Waals surface area contributed by atoms with Gasteiger partial charge in [-0.3, -0.25) is 9.69 Å². The number of rotatable bonds is 4. The van der Waals surface area contributed by atoms with Crippen LogP contribution in [0.5, 0.6) is 0 Å². The molecule has 0 saturated carbocycles. The van der Waals surface area contributed by atoms with Crippen LogP contribution in [0, 0.1) is 0 Å². The van der Waals surface area contributed by atoms with Crippen molar-refractivity contribution in [3.8, 4) is 0 Å². The largest absolute Gasteiger partial charge is 0.359 e. The molecule has 1 aromatic carbocycles. The van der Waals surface area contributed by atoms with Crippen molar-refractivity contribution in [2.75, 3.05) is 20.1 Å². The number of nitrogens with one attached hydrogen (secondary N) is 1. The van der Waals surface area contributed by atoms with E-state index in [0.29, 0.717) is 12.5 Å². The lowest BCUT2D eigenvalue weighted by molar-refractivity contribution is -0.121. The molecule has 1 heterocycles. The molecule has 1 unspecified atom stereocenters. The molecule has 4 heteroatoms. The van der Waals surface area contributed by atoms with Gasteiger partial charge in [0.05, 0.1) is 0 Å². The lowest BCUT2D eigenvalue weighted by Crippen LogP contribution is -2.29. The summed E-state index contributed by atoms with van der Waals surface area (Å²) in [5.74, 6) is 0.118. The van der Waals surface area contributed by atoms with E-state index in [0.717, 1.165) is 13.1 Å². The number of amides is 1. The fraction of sp³-hybridized carbons (Fsp3) is 0.500. The molecule has 0 bridgehead atoms. The molecule has 0 radical (unpaired) electrons. The van der Waals surface area contributed by atoms with Crippen LogP contribution >= 0.6 is 15.9 Å². The van der Waals surface area contributed by atoms with Crippen LogP contribution in [0.25, 0.3) is 0 Å². The molecule has 1 aliphatic rings. The van der Waals surface area contributed by atoms with Gasteiger partial charge in [0, 0.05) is 30.5 Å². The number of hydrogen-bond donors (Lipinski definition) is 1. The first-order valence-electron chi connectivity index (χ1n) is 6.41. The van der Waals surface area contributed by atoms with E-state index in [4.69, 9.17) is 0 Å². The summed E-state index contributed by atoms with van der Waals surface area (Å²) in [4.78, 5) is 13.7. The molecule has 2 rings (SSSR count). The van der Waals surface area contributed by atoms with Crippen molar-refractivity contribution in [3.05, 3.63) is 34.3 Å². The van der Waals surface area contributed by atoms with Crippen LogP contribution in [0.1, 0.15) is 30.9 Å². The standard InChI is InChI=1S/C14H19BrN2O/c1-16-14(18)8-10-17-9-4-7-13(17)11-5-2-3-6-12(11)15/h2-3,5-6,13H,4,7-10H2,1H3,(H,16,18). The summed E-state index contributed by atoms with van der Waals surface area (Å²) in [7, 11) is 1.69. The van der Waals surface area contributed by atoms with Crippen molar-refractivity contribution in [1.29, 1.82) is 0 Å². The quantitative estimate of drug-likeness (QED) is 0.927. The minimum Gasteiger partial charge on any atom is -0.359 e. The van der Waals surface area contributed by atoms with Gasteiger partial charge in [0.1, 0.15) is 0 Å². The highest BCUT2D eigenvalue weighted by atomic mass is 79.9. The average molecular weight is 311 g/mol. The molecular weight excluding hydrogens is 292 g/mol. The second-order valence-corrected chi connectivity index (χ2v) is 5.49. The Morgan fingerprint density at radius 1 is 1.50 bits per heavy atom.